The lowest BCUT2D eigenvalue weighted by molar-refractivity contribution is 0.254. The van der Waals surface area contributed by atoms with Crippen LogP contribution in [0, 0.1) is 0 Å². The molecule has 2 aliphatic heterocycles. The van der Waals surface area contributed by atoms with Crippen LogP contribution in [0.15, 0.2) is 22.7 Å². The van der Waals surface area contributed by atoms with Gasteiger partial charge in [-0.2, -0.15) is 0 Å². The number of nitrogens with zero attached hydrogens (tertiary/aromatic N) is 2. The first-order valence-electron chi connectivity index (χ1n) is 7.14. The number of benzene rings is 1. The number of hydrogen-bond donors (Lipinski definition) is 1. The van der Waals surface area contributed by atoms with Crippen LogP contribution < -0.4 is 10.6 Å². The highest BCUT2D eigenvalue weighted by Gasteiger charge is 2.34. The number of hydrogen-bond acceptors (Lipinski definition) is 3. The van der Waals surface area contributed by atoms with Crippen LogP contribution in [-0.2, 0) is 6.54 Å². The SMILES string of the molecule is CN1C2CCC1CN(c1cc(Br)ccc1CN)CC2. The molecule has 19 heavy (non-hydrogen) atoms. The zero-order chi connectivity index (χ0) is 13.4. The second-order valence-electron chi connectivity index (χ2n) is 5.76. The molecule has 0 radical (unpaired) electrons. The van der Waals surface area contributed by atoms with Crippen molar-refractivity contribution in [3.63, 3.8) is 0 Å². The molecule has 0 aromatic heterocycles. The molecule has 1 aromatic carbocycles. The molecule has 2 bridgehead atoms. The molecule has 4 heteroatoms. The van der Waals surface area contributed by atoms with E-state index in [9.17, 15) is 0 Å². The van der Waals surface area contributed by atoms with Gasteiger partial charge in [0.2, 0.25) is 0 Å². The Bertz CT molecular complexity index is 463. The highest BCUT2D eigenvalue weighted by molar-refractivity contribution is 9.10. The summed E-state index contributed by atoms with van der Waals surface area (Å²) in [7, 11) is 2.29. The van der Waals surface area contributed by atoms with E-state index in [4.69, 9.17) is 5.73 Å². The number of likely N-dealkylation sites (N-methyl/N-ethyl adjacent to an activating group) is 1. The monoisotopic (exact) mass is 323 g/mol. The van der Waals surface area contributed by atoms with E-state index in [1.807, 2.05) is 0 Å². The van der Waals surface area contributed by atoms with Gasteiger partial charge in [0.25, 0.3) is 0 Å². The Hall–Kier alpha value is -0.580. The molecular formula is C15H22BrN3. The topological polar surface area (TPSA) is 32.5 Å². The zero-order valence-corrected chi connectivity index (χ0v) is 13.1. The molecule has 0 amide bonds. The van der Waals surface area contributed by atoms with Crippen LogP contribution >= 0.6 is 15.9 Å². The van der Waals surface area contributed by atoms with Crippen molar-refractivity contribution in [1.82, 2.24) is 4.90 Å². The van der Waals surface area contributed by atoms with Gasteiger partial charge in [0.05, 0.1) is 0 Å². The molecule has 2 heterocycles. The Morgan fingerprint density at radius 1 is 1.26 bits per heavy atom. The summed E-state index contributed by atoms with van der Waals surface area (Å²) < 4.78 is 1.14. The third kappa shape index (κ3) is 2.54. The smallest absolute Gasteiger partial charge is 0.0423 e. The van der Waals surface area contributed by atoms with Crippen molar-refractivity contribution in [2.24, 2.45) is 5.73 Å². The van der Waals surface area contributed by atoms with Crippen LogP contribution in [0.3, 0.4) is 0 Å². The van der Waals surface area contributed by atoms with Crippen LogP contribution in [0.1, 0.15) is 24.8 Å². The fraction of sp³-hybridized carbons (Fsp3) is 0.600. The first-order chi connectivity index (χ1) is 9.19. The molecule has 2 saturated heterocycles. The largest absolute Gasteiger partial charge is 0.370 e. The Labute approximate surface area is 123 Å². The highest BCUT2D eigenvalue weighted by Crippen LogP contribution is 2.33. The summed E-state index contributed by atoms with van der Waals surface area (Å²) in [6.45, 7) is 2.90. The van der Waals surface area contributed by atoms with Crippen LogP contribution in [0.5, 0.6) is 0 Å². The predicted octanol–water partition coefficient (Wildman–Crippen LogP) is 2.58. The standard InChI is InChI=1S/C15H22BrN3/c1-18-13-4-5-14(18)10-19(7-6-13)15-8-12(16)3-2-11(15)9-17/h2-3,8,13-14H,4-7,9-10,17H2,1H3. The van der Waals surface area contributed by atoms with Gasteiger partial charge in [-0.1, -0.05) is 22.0 Å². The number of fused-ring (bicyclic) bond motifs is 2. The molecule has 3 rings (SSSR count). The third-order valence-corrected chi connectivity index (χ3v) is 5.25. The summed E-state index contributed by atoms with van der Waals surface area (Å²) in [6, 6.07) is 7.94. The fourth-order valence-electron chi connectivity index (χ4n) is 3.53. The minimum atomic E-state index is 0.614. The molecule has 0 spiro atoms. The lowest BCUT2D eigenvalue weighted by Gasteiger charge is -2.29. The Morgan fingerprint density at radius 3 is 2.84 bits per heavy atom. The van der Waals surface area contributed by atoms with Crippen molar-refractivity contribution >= 4 is 21.6 Å². The predicted molar refractivity (Wildman–Crippen MR) is 83.4 cm³/mol. The number of nitrogens with two attached hydrogens (primary N) is 1. The quantitative estimate of drug-likeness (QED) is 0.908. The van der Waals surface area contributed by atoms with Gasteiger partial charge in [0, 0.05) is 41.9 Å². The average molecular weight is 324 g/mol. The van der Waals surface area contributed by atoms with E-state index in [-0.39, 0.29) is 0 Å². The molecule has 2 fully saturated rings. The molecule has 2 N–H and O–H groups in total. The molecule has 2 unspecified atom stereocenters. The number of halogens is 1. The zero-order valence-electron chi connectivity index (χ0n) is 11.5. The second-order valence-corrected chi connectivity index (χ2v) is 6.68. The summed E-state index contributed by atoms with van der Waals surface area (Å²) >= 11 is 3.59. The maximum absolute atomic E-state index is 5.90. The minimum absolute atomic E-state index is 0.614. The van der Waals surface area contributed by atoms with Gasteiger partial charge in [-0.15, -0.1) is 0 Å². The Morgan fingerprint density at radius 2 is 2.05 bits per heavy atom. The van der Waals surface area contributed by atoms with Crippen molar-refractivity contribution < 1.29 is 0 Å². The van der Waals surface area contributed by atoms with Crippen molar-refractivity contribution in [3.8, 4) is 0 Å². The average Bonchev–Trinajstić information content (AvgIpc) is 2.63. The van der Waals surface area contributed by atoms with E-state index in [1.54, 1.807) is 0 Å². The maximum Gasteiger partial charge on any atom is 0.0423 e. The summed E-state index contributed by atoms with van der Waals surface area (Å²) in [5.41, 5.74) is 8.47. The van der Waals surface area contributed by atoms with Crippen molar-refractivity contribution in [2.45, 2.75) is 37.9 Å². The Kier molecular flexibility index (Phi) is 3.83. The van der Waals surface area contributed by atoms with E-state index in [1.165, 1.54) is 30.5 Å². The minimum Gasteiger partial charge on any atom is -0.370 e. The van der Waals surface area contributed by atoms with Gasteiger partial charge in [-0.05, 0) is 44.0 Å². The molecule has 2 aliphatic rings. The molecule has 104 valence electrons. The van der Waals surface area contributed by atoms with Gasteiger partial charge < -0.3 is 10.6 Å². The van der Waals surface area contributed by atoms with Crippen molar-refractivity contribution in [2.75, 3.05) is 25.0 Å². The fourth-order valence-corrected chi connectivity index (χ4v) is 3.88. The van der Waals surface area contributed by atoms with E-state index >= 15 is 0 Å². The molecule has 3 nitrogen and oxygen atoms in total. The van der Waals surface area contributed by atoms with Crippen LogP contribution in [0.4, 0.5) is 5.69 Å². The normalized spacial score (nSPS) is 27.6. The number of rotatable bonds is 2. The summed E-state index contributed by atoms with van der Waals surface area (Å²) in [4.78, 5) is 5.12. The van der Waals surface area contributed by atoms with E-state index in [0.717, 1.165) is 23.6 Å². The first kappa shape index (κ1) is 13.4. The van der Waals surface area contributed by atoms with Gasteiger partial charge in [-0.25, -0.2) is 0 Å². The van der Waals surface area contributed by atoms with Gasteiger partial charge >= 0.3 is 0 Å². The molecule has 0 saturated carbocycles. The van der Waals surface area contributed by atoms with E-state index in [2.05, 4.69) is 51.0 Å². The van der Waals surface area contributed by atoms with Gasteiger partial charge in [0.15, 0.2) is 0 Å². The highest BCUT2D eigenvalue weighted by atomic mass is 79.9. The first-order valence-corrected chi connectivity index (χ1v) is 7.93. The van der Waals surface area contributed by atoms with Crippen molar-refractivity contribution in [1.29, 1.82) is 0 Å². The summed E-state index contributed by atoms with van der Waals surface area (Å²) in [5.74, 6) is 0. The molecule has 0 aliphatic carbocycles. The van der Waals surface area contributed by atoms with Gasteiger partial charge in [-0.3, -0.25) is 4.90 Å². The lowest BCUT2D eigenvalue weighted by Crippen LogP contribution is -2.37. The van der Waals surface area contributed by atoms with Crippen LogP contribution in [-0.4, -0.2) is 37.1 Å². The molecule has 1 aromatic rings. The second kappa shape index (κ2) is 5.43. The summed E-state index contributed by atoms with van der Waals surface area (Å²) in [5, 5.41) is 0. The number of anilines is 1. The van der Waals surface area contributed by atoms with Crippen LogP contribution in [0.2, 0.25) is 0 Å². The van der Waals surface area contributed by atoms with E-state index in [0.29, 0.717) is 12.6 Å². The van der Waals surface area contributed by atoms with E-state index < -0.39 is 0 Å². The molecular weight excluding hydrogens is 302 g/mol. The lowest BCUT2D eigenvalue weighted by atomic mass is 10.1. The molecule has 2 atom stereocenters. The maximum atomic E-state index is 5.90. The van der Waals surface area contributed by atoms with Crippen molar-refractivity contribution in [3.05, 3.63) is 28.2 Å². The Balaban J connectivity index is 1.88. The van der Waals surface area contributed by atoms with Crippen LogP contribution in [0.25, 0.3) is 0 Å². The third-order valence-electron chi connectivity index (χ3n) is 4.76. The van der Waals surface area contributed by atoms with Gasteiger partial charge in [0.1, 0.15) is 0 Å². The summed E-state index contributed by atoms with van der Waals surface area (Å²) in [6.07, 6.45) is 3.98.